The van der Waals surface area contributed by atoms with E-state index in [0.717, 1.165) is 15.6 Å². The van der Waals surface area contributed by atoms with E-state index in [1.165, 1.54) is 6.07 Å². The van der Waals surface area contributed by atoms with Crippen molar-refractivity contribution in [3.05, 3.63) is 67.3 Å². The number of hydrogen-bond acceptors (Lipinski definition) is 2. The van der Waals surface area contributed by atoms with E-state index in [4.69, 9.17) is 17.4 Å². The molecular formula is C14H12Br2ClFN2. The Labute approximate surface area is 138 Å². The molecule has 1 unspecified atom stereocenters. The average Bonchev–Trinajstić information content (AvgIpc) is 2.39. The molecular weight excluding hydrogens is 410 g/mol. The fourth-order valence-corrected chi connectivity index (χ4v) is 3.29. The minimum atomic E-state index is -0.287. The van der Waals surface area contributed by atoms with Gasteiger partial charge >= 0.3 is 0 Å². The molecule has 0 fully saturated rings. The SMILES string of the molecule is NNC(Cc1cccc(F)c1Br)c1cc(Cl)cc(Br)c1. The van der Waals surface area contributed by atoms with Gasteiger partial charge in [-0.25, -0.2) is 4.39 Å². The van der Waals surface area contributed by atoms with Gasteiger partial charge in [-0.05, 0) is 57.7 Å². The molecule has 0 heterocycles. The van der Waals surface area contributed by atoms with E-state index in [2.05, 4.69) is 37.3 Å². The topological polar surface area (TPSA) is 38.0 Å². The Morgan fingerprint density at radius 3 is 2.65 bits per heavy atom. The molecule has 1 atom stereocenters. The third-order valence-electron chi connectivity index (χ3n) is 2.94. The van der Waals surface area contributed by atoms with Gasteiger partial charge in [0.05, 0.1) is 10.5 Å². The van der Waals surface area contributed by atoms with Gasteiger partial charge in [-0.1, -0.05) is 39.7 Å². The Morgan fingerprint density at radius 1 is 1.25 bits per heavy atom. The zero-order valence-electron chi connectivity index (χ0n) is 10.3. The molecule has 0 spiro atoms. The Bertz CT molecular complexity index is 602. The van der Waals surface area contributed by atoms with Crippen molar-refractivity contribution in [2.75, 3.05) is 0 Å². The van der Waals surface area contributed by atoms with Crippen molar-refractivity contribution >= 4 is 43.5 Å². The minimum Gasteiger partial charge on any atom is -0.271 e. The van der Waals surface area contributed by atoms with Gasteiger partial charge < -0.3 is 0 Å². The summed E-state index contributed by atoms with van der Waals surface area (Å²) in [6, 6.07) is 10.4. The lowest BCUT2D eigenvalue weighted by Crippen LogP contribution is -2.29. The molecule has 0 aliphatic rings. The monoisotopic (exact) mass is 420 g/mol. The highest BCUT2D eigenvalue weighted by molar-refractivity contribution is 9.10. The summed E-state index contributed by atoms with van der Waals surface area (Å²) in [4.78, 5) is 0. The van der Waals surface area contributed by atoms with Crippen LogP contribution in [0.2, 0.25) is 5.02 Å². The Hall–Kier alpha value is -0.460. The van der Waals surface area contributed by atoms with Gasteiger partial charge in [-0.3, -0.25) is 11.3 Å². The normalized spacial score (nSPS) is 12.4. The van der Waals surface area contributed by atoms with Crippen LogP contribution in [0.5, 0.6) is 0 Å². The molecule has 2 rings (SSSR count). The van der Waals surface area contributed by atoms with Gasteiger partial charge in [0.2, 0.25) is 0 Å². The molecule has 2 nitrogen and oxygen atoms in total. The highest BCUT2D eigenvalue weighted by Gasteiger charge is 2.15. The molecule has 0 aromatic heterocycles. The third-order valence-corrected chi connectivity index (χ3v) is 4.51. The van der Waals surface area contributed by atoms with E-state index in [0.29, 0.717) is 15.9 Å². The lowest BCUT2D eigenvalue weighted by atomic mass is 9.99. The van der Waals surface area contributed by atoms with E-state index >= 15 is 0 Å². The standard InChI is InChI=1S/C14H12Br2ClFN2/c15-10-4-9(5-11(17)7-10)13(20-19)6-8-2-1-3-12(18)14(8)16/h1-5,7,13,20H,6,19H2. The van der Waals surface area contributed by atoms with Crippen LogP contribution in [0.15, 0.2) is 45.3 Å². The highest BCUT2D eigenvalue weighted by Crippen LogP contribution is 2.28. The second kappa shape index (κ2) is 7.00. The van der Waals surface area contributed by atoms with Crippen molar-refractivity contribution in [2.45, 2.75) is 12.5 Å². The van der Waals surface area contributed by atoms with Crippen LogP contribution in [0.3, 0.4) is 0 Å². The van der Waals surface area contributed by atoms with E-state index in [1.54, 1.807) is 12.1 Å². The molecule has 0 aliphatic carbocycles. The number of benzene rings is 2. The van der Waals surface area contributed by atoms with Crippen LogP contribution in [-0.4, -0.2) is 0 Å². The van der Waals surface area contributed by atoms with Crippen molar-refractivity contribution in [3.8, 4) is 0 Å². The van der Waals surface area contributed by atoms with Gasteiger partial charge in [-0.2, -0.15) is 0 Å². The van der Waals surface area contributed by atoms with Crippen LogP contribution < -0.4 is 11.3 Å². The van der Waals surface area contributed by atoms with E-state index in [-0.39, 0.29) is 11.9 Å². The summed E-state index contributed by atoms with van der Waals surface area (Å²) in [5, 5.41) is 0.618. The second-order valence-electron chi connectivity index (χ2n) is 4.34. The van der Waals surface area contributed by atoms with E-state index in [1.807, 2.05) is 18.2 Å². The van der Waals surface area contributed by atoms with Crippen LogP contribution in [0.25, 0.3) is 0 Å². The largest absolute Gasteiger partial charge is 0.271 e. The first kappa shape index (κ1) is 15.9. The fraction of sp³-hybridized carbons (Fsp3) is 0.143. The van der Waals surface area contributed by atoms with Gasteiger partial charge in [0, 0.05) is 9.50 Å². The number of nitrogens with one attached hydrogen (secondary N) is 1. The van der Waals surface area contributed by atoms with Crippen LogP contribution in [0, 0.1) is 5.82 Å². The summed E-state index contributed by atoms with van der Waals surface area (Å²) in [5.41, 5.74) is 4.52. The predicted octanol–water partition coefficient (Wildman–Crippen LogP) is 4.75. The van der Waals surface area contributed by atoms with Gasteiger partial charge in [-0.15, -0.1) is 0 Å². The number of hydrogen-bond donors (Lipinski definition) is 2. The summed E-state index contributed by atoms with van der Waals surface area (Å²) in [6.07, 6.45) is 0.543. The molecule has 0 amide bonds. The number of rotatable bonds is 4. The first-order valence-corrected chi connectivity index (χ1v) is 7.82. The molecule has 3 N–H and O–H groups in total. The Balaban J connectivity index is 2.31. The van der Waals surface area contributed by atoms with Crippen molar-refractivity contribution in [3.63, 3.8) is 0 Å². The maximum Gasteiger partial charge on any atom is 0.137 e. The summed E-state index contributed by atoms with van der Waals surface area (Å²) in [5.74, 6) is 5.34. The molecule has 0 saturated heterocycles. The third kappa shape index (κ3) is 3.80. The molecule has 0 saturated carbocycles. The van der Waals surface area contributed by atoms with Crippen LogP contribution in [0.1, 0.15) is 17.2 Å². The molecule has 6 heteroatoms. The first-order valence-electron chi connectivity index (χ1n) is 5.86. The van der Waals surface area contributed by atoms with E-state index < -0.39 is 0 Å². The minimum absolute atomic E-state index is 0.164. The van der Waals surface area contributed by atoms with Crippen molar-refractivity contribution in [1.82, 2.24) is 5.43 Å². The van der Waals surface area contributed by atoms with Crippen LogP contribution >= 0.6 is 43.5 Å². The first-order chi connectivity index (χ1) is 9.51. The lowest BCUT2D eigenvalue weighted by molar-refractivity contribution is 0.546. The number of nitrogens with two attached hydrogens (primary N) is 1. The maximum atomic E-state index is 13.5. The summed E-state index contributed by atoms with van der Waals surface area (Å²) < 4.78 is 14.9. The number of hydrazine groups is 1. The molecule has 20 heavy (non-hydrogen) atoms. The van der Waals surface area contributed by atoms with Crippen molar-refractivity contribution in [2.24, 2.45) is 5.84 Å². The zero-order valence-corrected chi connectivity index (χ0v) is 14.3. The summed E-state index contributed by atoms with van der Waals surface area (Å²) in [7, 11) is 0. The molecule has 0 aliphatic heterocycles. The summed E-state index contributed by atoms with van der Waals surface area (Å²) >= 11 is 12.7. The maximum absolute atomic E-state index is 13.5. The van der Waals surface area contributed by atoms with E-state index in [9.17, 15) is 4.39 Å². The molecule has 2 aromatic rings. The Morgan fingerprint density at radius 2 is 2.00 bits per heavy atom. The fourth-order valence-electron chi connectivity index (χ4n) is 1.98. The second-order valence-corrected chi connectivity index (χ2v) is 6.48. The number of halogens is 4. The van der Waals surface area contributed by atoms with Gasteiger partial charge in [0.25, 0.3) is 0 Å². The average molecular weight is 423 g/mol. The molecule has 0 radical (unpaired) electrons. The smallest absolute Gasteiger partial charge is 0.137 e. The lowest BCUT2D eigenvalue weighted by Gasteiger charge is -2.18. The van der Waals surface area contributed by atoms with Gasteiger partial charge in [0.1, 0.15) is 5.82 Å². The van der Waals surface area contributed by atoms with Crippen molar-refractivity contribution < 1.29 is 4.39 Å². The molecule has 2 aromatic carbocycles. The Kier molecular flexibility index (Phi) is 5.57. The summed E-state index contributed by atoms with van der Waals surface area (Å²) in [6.45, 7) is 0. The van der Waals surface area contributed by atoms with Crippen molar-refractivity contribution in [1.29, 1.82) is 0 Å². The van der Waals surface area contributed by atoms with Crippen LogP contribution in [-0.2, 0) is 6.42 Å². The highest BCUT2D eigenvalue weighted by atomic mass is 79.9. The predicted molar refractivity (Wildman–Crippen MR) is 87.0 cm³/mol. The van der Waals surface area contributed by atoms with Crippen LogP contribution in [0.4, 0.5) is 4.39 Å². The van der Waals surface area contributed by atoms with Gasteiger partial charge in [0.15, 0.2) is 0 Å². The zero-order chi connectivity index (χ0) is 14.7. The molecule has 0 bridgehead atoms. The molecule has 106 valence electrons. The quantitative estimate of drug-likeness (QED) is 0.551.